The molecule has 7 nitrogen and oxygen atoms in total. The smallest absolute Gasteiger partial charge is 0.202 e. The maximum Gasteiger partial charge on any atom is 0.202 e. The molecule has 3 aromatic rings. The number of aryl methyl sites for hydroxylation is 1. The van der Waals surface area contributed by atoms with Crippen molar-refractivity contribution < 1.29 is 13.5 Å². The lowest BCUT2D eigenvalue weighted by Crippen LogP contribution is -2.39. The quantitative estimate of drug-likeness (QED) is 0.431. The zero-order chi connectivity index (χ0) is 20.2. The van der Waals surface area contributed by atoms with Gasteiger partial charge in [0.2, 0.25) is 5.82 Å². The van der Waals surface area contributed by atoms with E-state index in [0.29, 0.717) is 18.2 Å². The largest absolute Gasteiger partial charge is 0.440 e. The Morgan fingerprint density at radius 1 is 1.24 bits per heavy atom. The van der Waals surface area contributed by atoms with E-state index in [1.54, 1.807) is 23.9 Å². The molecule has 1 aliphatic rings. The highest BCUT2D eigenvalue weighted by atomic mass is 32.2. The number of nitrogens with zero attached hydrogens (tertiary/aromatic N) is 5. The Balaban J connectivity index is 1.26. The van der Waals surface area contributed by atoms with E-state index in [4.69, 9.17) is 9.15 Å². The molecule has 1 aromatic carbocycles. The molecule has 0 bridgehead atoms. The first-order valence-corrected chi connectivity index (χ1v) is 10.6. The Hall–Kier alpha value is -2.23. The van der Waals surface area contributed by atoms with E-state index in [9.17, 15) is 4.39 Å². The number of thioether (sulfide) groups is 1. The molecular formula is C20H24FN5O2S. The topological polar surface area (TPSA) is 69.2 Å². The highest BCUT2D eigenvalue weighted by Gasteiger charge is 2.22. The number of oxazole rings is 1. The normalized spacial score (nSPS) is 17.7. The molecule has 1 fully saturated rings. The fraction of sp³-hybridized carbons (Fsp3) is 0.450. The third-order valence-electron chi connectivity index (χ3n) is 5.03. The third-order valence-corrected chi connectivity index (χ3v) is 6.13. The van der Waals surface area contributed by atoms with Gasteiger partial charge in [-0.1, -0.05) is 23.9 Å². The van der Waals surface area contributed by atoms with Crippen LogP contribution >= 0.6 is 11.8 Å². The van der Waals surface area contributed by atoms with E-state index in [0.717, 1.165) is 48.2 Å². The van der Waals surface area contributed by atoms with Crippen molar-refractivity contribution in [2.75, 3.05) is 32.0 Å². The second-order valence-corrected chi connectivity index (χ2v) is 8.11. The predicted octanol–water partition coefficient (Wildman–Crippen LogP) is 3.47. The van der Waals surface area contributed by atoms with Gasteiger partial charge in [-0.15, -0.1) is 10.2 Å². The average Bonchev–Trinajstić information content (AvgIpc) is 3.31. The highest BCUT2D eigenvalue weighted by molar-refractivity contribution is 7.99. The molecule has 1 aliphatic heterocycles. The van der Waals surface area contributed by atoms with Crippen LogP contribution in [0.15, 0.2) is 40.2 Å². The summed E-state index contributed by atoms with van der Waals surface area (Å²) in [5, 5.41) is 9.38. The van der Waals surface area contributed by atoms with E-state index in [1.807, 2.05) is 18.5 Å². The number of rotatable bonds is 7. The summed E-state index contributed by atoms with van der Waals surface area (Å²) in [4.78, 5) is 6.51. The summed E-state index contributed by atoms with van der Waals surface area (Å²) < 4.78 is 26.4. The minimum atomic E-state index is -0.219. The number of aromatic nitrogens is 4. The highest BCUT2D eigenvalue weighted by Crippen LogP contribution is 2.26. The second-order valence-electron chi connectivity index (χ2n) is 7.05. The molecule has 0 N–H and O–H groups in total. The van der Waals surface area contributed by atoms with Gasteiger partial charge < -0.3 is 13.7 Å². The van der Waals surface area contributed by atoms with Crippen LogP contribution in [0.3, 0.4) is 0 Å². The molecule has 0 spiro atoms. The van der Waals surface area contributed by atoms with E-state index in [2.05, 4.69) is 20.1 Å². The van der Waals surface area contributed by atoms with Crippen LogP contribution in [0, 0.1) is 12.7 Å². The zero-order valence-electron chi connectivity index (χ0n) is 16.5. The van der Waals surface area contributed by atoms with Crippen LogP contribution in [0.1, 0.15) is 23.8 Å². The van der Waals surface area contributed by atoms with Crippen LogP contribution in [0.5, 0.6) is 0 Å². The van der Waals surface area contributed by atoms with Crippen molar-refractivity contribution in [1.29, 1.82) is 0 Å². The molecular weight excluding hydrogens is 393 g/mol. The molecule has 0 unspecified atom stereocenters. The van der Waals surface area contributed by atoms with Gasteiger partial charge in [0.1, 0.15) is 5.82 Å². The van der Waals surface area contributed by atoms with Crippen LogP contribution in [-0.2, 0) is 11.8 Å². The van der Waals surface area contributed by atoms with Crippen molar-refractivity contribution in [3.05, 3.63) is 47.7 Å². The molecule has 0 saturated carbocycles. The van der Waals surface area contributed by atoms with E-state index in [1.165, 1.54) is 18.5 Å². The molecule has 3 heterocycles. The SMILES string of the molecule is Cc1ncoc1-c1nnc(SCCCN2CCO[C@H](c3ccc(F)cc3)C2)n1C. The fourth-order valence-corrected chi connectivity index (χ4v) is 4.23. The molecule has 154 valence electrons. The first-order chi connectivity index (χ1) is 14.1. The van der Waals surface area contributed by atoms with E-state index >= 15 is 0 Å². The number of hydrogen-bond acceptors (Lipinski definition) is 7. The van der Waals surface area contributed by atoms with Crippen molar-refractivity contribution in [1.82, 2.24) is 24.6 Å². The van der Waals surface area contributed by atoms with Crippen LogP contribution in [0.2, 0.25) is 0 Å². The van der Waals surface area contributed by atoms with Gasteiger partial charge in [-0.05, 0) is 37.6 Å². The number of ether oxygens (including phenoxy) is 1. The van der Waals surface area contributed by atoms with Gasteiger partial charge in [0.25, 0.3) is 0 Å². The number of hydrogen-bond donors (Lipinski definition) is 0. The second kappa shape index (κ2) is 9.06. The Bertz CT molecular complexity index is 943. The van der Waals surface area contributed by atoms with Crippen LogP contribution in [0.25, 0.3) is 11.6 Å². The monoisotopic (exact) mass is 417 g/mol. The molecule has 4 rings (SSSR count). The standard InChI is InChI=1S/C20H24FN5O2S/c1-14-18(28-13-22-14)19-23-24-20(25(19)2)29-11-3-8-26-9-10-27-17(12-26)15-4-6-16(21)7-5-15/h4-7,13,17H,3,8-12H2,1-2H3/t17-/m0/s1. The lowest BCUT2D eigenvalue weighted by atomic mass is 10.1. The van der Waals surface area contributed by atoms with Gasteiger partial charge in [-0.2, -0.15) is 0 Å². The summed E-state index contributed by atoms with van der Waals surface area (Å²) in [6, 6.07) is 6.59. The van der Waals surface area contributed by atoms with Gasteiger partial charge in [0.05, 0.1) is 18.4 Å². The lowest BCUT2D eigenvalue weighted by Gasteiger charge is -2.33. The van der Waals surface area contributed by atoms with Crippen LogP contribution in [0.4, 0.5) is 4.39 Å². The van der Waals surface area contributed by atoms with E-state index in [-0.39, 0.29) is 11.9 Å². The maximum absolute atomic E-state index is 13.1. The Labute approximate surface area is 173 Å². The molecule has 1 atom stereocenters. The fourth-order valence-electron chi connectivity index (χ4n) is 3.39. The van der Waals surface area contributed by atoms with Gasteiger partial charge in [0, 0.05) is 25.9 Å². The first kappa shape index (κ1) is 20.1. The van der Waals surface area contributed by atoms with Crippen LogP contribution in [-0.4, -0.2) is 56.6 Å². The Morgan fingerprint density at radius 3 is 2.83 bits per heavy atom. The number of halogens is 1. The van der Waals surface area contributed by atoms with Crippen molar-refractivity contribution in [2.45, 2.75) is 24.6 Å². The van der Waals surface area contributed by atoms with E-state index < -0.39 is 0 Å². The first-order valence-electron chi connectivity index (χ1n) is 9.64. The minimum absolute atomic E-state index is 0.00319. The average molecular weight is 418 g/mol. The van der Waals surface area contributed by atoms with Crippen molar-refractivity contribution in [3.8, 4) is 11.6 Å². The Morgan fingerprint density at radius 2 is 2.07 bits per heavy atom. The lowest BCUT2D eigenvalue weighted by molar-refractivity contribution is -0.0297. The number of morpholine rings is 1. The van der Waals surface area contributed by atoms with Gasteiger partial charge in [0.15, 0.2) is 17.3 Å². The summed E-state index contributed by atoms with van der Waals surface area (Å²) in [7, 11) is 1.94. The number of benzene rings is 1. The predicted molar refractivity (Wildman–Crippen MR) is 108 cm³/mol. The van der Waals surface area contributed by atoms with Gasteiger partial charge in [-0.3, -0.25) is 4.90 Å². The summed E-state index contributed by atoms with van der Waals surface area (Å²) in [5.41, 5.74) is 1.83. The molecule has 0 aliphatic carbocycles. The molecule has 29 heavy (non-hydrogen) atoms. The third kappa shape index (κ3) is 4.68. The van der Waals surface area contributed by atoms with Crippen LogP contribution < -0.4 is 0 Å². The summed E-state index contributed by atoms with van der Waals surface area (Å²) in [5.74, 6) is 2.08. The van der Waals surface area contributed by atoms with Crippen molar-refractivity contribution in [2.24, 2.45) is 7.05 Å². The van der Waals surface area contributed by atoms with Crippen molar-refractivity contribution in [3.63, 3.8) is 0 Å². The van der Waals surface area contributed by atoms with Gasteiger partial charge in [-0.25, -0.2) is 9.37 Å². The maximum atomic E-state index is 13.1. The van der Waals surface area contributed by atoms with Gasteiger partial charge >= 0.3 is 0 Å². The minimum Gasteiger partial charge on any atom is -0.440 e. The Kier molecular flexibility index (Phi) is 6.27. The molecule has 2 aromatic heterocycles. The molecule has 0 amide bonds. The summed E-state index contributed by atoms with van der Waals surface area (Å²) >= 11 is 1.69. The molecule has 9 heteroatoms. The summed E-state index contributed by atoms with van der Waals surface area (Å²) in [6.07, 6.45) is 2.46. The summed E-state index contributed by atoms with van der Waals surface area (Å²) in [6.45, 7) is 5.32. The molecule has 1 saturated heterocycles. The zero-order valence-corrected chi connectivity index (χ0v) is 17.4. The molecule has 0 radical (unpaired) electrons. The van der Waals surface area contributed by atoms with Crippen molar-refractivity contribution >= 4 is 11.8 Å².